The van der Waals surface area contributed by atoms with Gasteiger partial charge in [-0.2, -0.15) is 4.31 Å². The summed E-state index contributed by atoms with van der Waals surface area (Å²) in [5, 5.41) is 9.06. The number of nitrogens with two attached hydrogens (primary N) is 1. The molecule has 3 N–H and O–H groups in total. The number of anilines is 1. The second kappa shape index (κ2) is 5.67. The molecule has 0 aromatic heterocycles. The van der Waals surface area contributed by atoms with Crippen LogP contribution in [0.3, 0.4) is 0 Å². The Hall–Kier alpha value is -1.18. The van der Waals surface area contributed by atoms with E-state index in [1.807, 2.05) is 0 Å². The third kappa shape index (κ3) is 2.79. The Morgan fingerprint density at radius 3 is 2.55 bits per heavy atom. The van der Waals surface area contributed by atoms with Crippen molar-refractivity contribution in [3.63, 3.8) is 0 Å². The average molecular weight is 302 g/mol. The van der Waals surface area contributed by atoms with Gasteiger partial charge in [0.25, 0.3) is 0 Å². The fourth-order valence-electron chi connectivity index (χ4n) is 2.34. The van der Waals surface area contributed by atoms with Crippen molar-refractivity contribution in [3.05, 3.63) is 23.5 Å². The van der Waals surface area contributed by atoms with Gasteiger partial charge < -0.3 is 10.8 Å². The van der Waals surface area contributed by atoms with Crippen molar-refractivity contribution in [1.82, 2.24) is 4.31 Å². The highest BCUT2D eigenvalue weighted by molar-refractivity contribution is 7.89. The van der Waals surface area contributed by atoms with Crippen LogP contribution in [-0.2, 0) is 10.0 Å². The molecule has 0 bridgehead atoms. The monoisotopic (exact) mass is 302 g/mol. The summed E-state index contributed by atoms with van der Waals surface area (Å²) >= 11 is 0. The lowest BCUT2D eigenvalue weighted by atomic mass is 10.00. The van der Waals surface area contributed by atoms with Crippen LogP contribution < -0.4 is 5.73 Å². The third-order valence-electron chi connectivity index (χ3n) is 3.77. The first-order valence-corrected chi connectivity index (χ1v) is 7.97. The second-order valence-electron chi connectivity index (χ2n) is 5.17. The van der Waals surface area contributed by atoms with Crippen LogP contribution in [0.4, 0.5) is 10.1 Å². The van der Waals surface area contributed by atoms with Gasteiger partial charge in [0, 0.05) is 25.4 Å². The maximum absolute atomic E-state index is 13.9. The first-order chi connectivity index (χ1) is 9.36. The van der Waals surface area contributed by atoms with E-state index < -0.39 is 15.8 Å². The van der Waals surface area contributed by atoms with Gasteiger partial charge >= 0.3 is 0 Å². The number of hydrogen-bond donors (Lipinski definition) is 2. The van der Waals surface area contributed by atoms with Crippen molar-refractivity contribution >= 4 is 15.7 Å². The Labute approximate surface area is 118 Å². The zero-order valence-electron chi connectivity index (χ0n) is 11.3. The molecular formula is C13H19FN2O3S. The van der Waals surface area contributed by atoms with Gasteiger partial charge in [0.15, 0.2) is 0 Å². The van der Waals surface area contributed by atoms with Gasteiger partial charge in [-0.25, -0.2) is 12.8 Å². The standard InChI is InChI=1S/C13H19FN2O3S/c1-9-6-11(14)13(7-12(9)15)20(18,19)16-4-2-10(8-17)3-5-16/h6-7,10,17H,2-5,8,15H2,1H3. The molecule has 1 aromatic carbocycles. The van der Waals surface area contributed by atoms with Crippen LogP contribution in [0.1, 0.15) is 18.4 Å². The Morgan fingerprint density at radius 2 is 2.00 bits per heavy atom. The van der Waals surface area contributed by atoms with Crippen LogP contribution in [0.2, 0.25) is 0 Å². The molecule has 2 rings (SSSR count). The summed E-state index contributed by atoms with van der Waals surface area (Å²) in [7, 11) is -3.87. The molecule has 7 heteroatoms. The molecule has 1 heterocycles. The molecule has 20 heavy (non-hydrogen) atoms. The highest BCUT2D eigenvalue weighted by atomic mass is 32.2. The van der Waals surface area contributed by atoms with E-state index in [4.69, 9.17) is 10.8 Å². The highest BCUT2D eigenvalue weighted by Crippen LogP contribution is 2.27. The minimum absolute atomic E-state index is 0.0553. The summed E-state index contributed by atoms with van der Waals surface area (Å²) in [4.78, 5) is -0.372. The maximum Gasteiger partial charge on any atom is 0.246 e. The quantitative estimate of drug-likeness (QED) is 0.819. The molecule has 0 radical (unpaired) electrons. The molecule has 112 valence electrons. The Balaban J connectivity index is 2.30. The largest absolute Gasteiger partial charge is 0.398 e. The maximum atomic E-state index is 13.9. The number of hydrogen-bond acceptors (Lipinski definition) is 4. The SMILES string of the molecule is Cc1cc(F)c(S(=O)(=O)N2CCC(CO)CC2)cc1N. The molecule has 0 spiro atoms. The van der Waals surface area contributed by atoms with Crippen LogP contribution in [0.15, 0.2) is 17.0 Å². The molecule has 1 aromatic rings. The lowest BCUT2D eigenvalue weighted by molar-refractivity contribution is 0.170. The van der Waals surface area contributed by atoms with Gasteiger partial charge in [0.1, 0.15) is 10.7 Å². The van der Waals surface area contributed by atoms with Gasteiger partial charge in [-0.3, -0.25) is 0 Å². The number of halogens is 1. The van der Waals surface area contributed by atoms with E-state index >= 15 is 0 Å². The molecule has 1 fully saturated rings. The second-order valence-corrected chi connectivity index (χ2v) is 7.08. The van der Waals surface area contributed by atoms with Gasteiger partial charge in [0.05, 0.1) is 0 Å². The Morgan fingerprint density at radius 1 is 1.40 bits per heavy atom. The summed E-state index contributed by atoms with van der Waals surface area (Å²) in [6.07, 6.45) is 1.16. The van der Waals surface area contributed by atoms with E-state index in [9.17, 15) is 12.8 Å². The lowest BCUT2D eigenvalue weighted by Gasteiger charge is -2.30. The van der Waals surface area contributed by atoms with E-state index in [1.54, 1.807) is 6.92 Å². The zero-order valence-corrected chi connectivity index (χ0v) is 12.2. The highest BCUT2D eigenvalue weighted by Gasteiger charge is 2.31. The van der Waals surface area contributed by atoms with E-state index in [0.29, 0.717) is 31.5 Å². The van der Waals surface area contributed by atoms with Crippen molar-refractivity contribution in [2.75, 3.05) is 25.4 Å². The van der Waals surface area contributed by atoms with Crippen LogP contribution >= 0.6 is 0 Å². The number of nitrogens with zero attached hydrogens (tertiary/aromatic N) is 1. The summed E-state index contributed by atoms with van der Waals surface area (Å²) < 4.78 is 40.0. The number of rotatable bonds is 3. The van der Waals surface area contributed by atoms with Crippen LogP contribution in [0, 0.1) is 18.7 Å². The number of piperidine rings is 1. The number of aliphatic hydroxyl groups is 1. The molecule has 1 aliphatic heterocycles. The van der Waals surface area contributed by atoms with Crippen LogP contribution in [0.5, 0.6) is 0 Å². The van der Waals surface area contributed by atoms with Gasteiger partial charge in [-0.1, -0.05) is 0 Å². The summed E-state index contributed by atoms with van der Waals surface area (Å²) in [6, 6.07) is 2.32. The minimum atomic E-state index is -3.87. The topological polar surface area (TPSA) is 83.6 Å². The molecular weight excluding hydrogens is 283 g/mol. The number of sulfonamides is 1. The lowest BCUT2D eigenvalue weighted by Crippen LogP contribution is -2.39. The summed E-state index contributed by atoms with van der Waals surface area (Å²) in [5.41, 5.74) is 6.45. The zero-order chi connectivity index (χ0) is 14.9. The van der Waals surface area contributed by atoms with E-state index in [2.05, 4.69) is 0 Å². The molecule has 0 unspecified atom stereocenters. The fourth-order valence-corrected chi connectivity index (χ4v) is 3.89. The van der Waals surface area contributed by atoms with Gasteiger partial charge in [-0.15, -0.1) is 0 Å². The fraction of sp³-hybridized carbons (Fsp3) is 0.538. The van der Waals surface area contributed by atoms with Gasteiger partial charge in [0.2, 0.25) is 10.0 Å². The van der Waals surface area contributed by atoms with Crippen molar-refractivity contribution < 1.29 is 17.9 Å². The normalized spacial score (nSPS) is 18.4. The Kier molecular flexibility index (Phi) is 4.31. The first-order valence-electron chi connectivity index (χ1n) is 6.53. The number of aryl methyl sites for hydroxylation is 1. The smallest absolute Gasteiger partial charge is 0.246 e. The van der Waals surface area contributed by atoms with Crippen molar-refractivity contribution in [3.8, 4) is 0 Å². The first kappa shape index (κ1) is 15.2. The summed E-state index contributed by atoms with van der Waals surface area (Å²) in [6.45, 7) is 2.27. The van der Waals surface area contributed by atoms with Crippen molar-refractivity contribution in [2.24, 2.45) is 5.92 Å². The molecule has 0 amide bonds. The third-order valence-corrected chi connectivity index (χ3v) is 5.68. The van der Waals surface area contributed by atoms with Gasteiger partial charge in [-0.05, 0) is 43.4 Å². The minimum Gasteiger partial charge on any atom is -0.398 e. The molecule has 0 saturated carbocycles. The number of nitrogen functional groups attached to an aromatic ring is 1. The van der Waals surface area contributed by atoms with Crippen molar-refractivity contribution in [2.45, 2.75) is 24.7 Å². The Bertz CT molecular complexity index is 596. The number of benzene rings is 1. The molecule has 0 atom stereocenters. The van der Waals surface area contributed by atoms with Crippen molar-refractivity contribution in [1.29, 1.82) is 0 Å². The number of aliphatic hydroxyl groups excluding tert-OH is 1. The summed E-state index contributed by atoms with van der Waals surface area (Å²) in [5.74, 6) is -0.657. The molecule has 1 saturated heterocycles. The predicted molar refractivity (Wildman–Crippen MR) is 74.1 cm³/mol. The predicted octanol–water partition coefficient (Wildman–Crippen LogP) is 1.11. The molecule has 5 nitrogen and oxygen atoms in total. The molecule has 0 aliphatic carbocycles. The van der Waals surface area contributed by atoms with E-state index in [0.717, 1.165) is 6.07 Å². The average Bonchev–Trinajstić information content (AvgIpc) is 2.42. The van der Waals surface area contributed by atoms with E-state index in [1.165, 1.54) is 10.4 Å². The molecule has 1 aliphatic rings. The van der Waals surface area contributed by atoms with Crippen LogP contribution in [0.25, 0.3) is 0 Å². The van der Waals surface area contributed by atoms with E-state index in [-0.39, 0.29) is 23.1 Å². The van der Waals surface area contributed by atoms with Crippen LogP contribution in [-0.4, -0.2) is 37.5 Å².